The molecule has 0 aliphatic heterocycles. The van der Waals surface area contributed by atoms with E-state index in [4.69, 9.17) is 4.74 Å². The highest BCUT2D eigenvalue weighted by Crippen LogP contribution is 2.47. The van der Waals surface area contributed by atoms with Crippen molar-refractivity contribution in [1.82, 2.24) is 4.98 Å². The summed E-state index contributed by atoms with van der Waals surface area (Å²) >= 11 is 10.3. The first kappa shape index (κ1) is 18.1. The molecule has 4 nitrogen and oxygen atoms in total. The lowest BCUT2D eigenvalue weighted by molar-refractivity contribution is 0.481. The lowest BCUT2D eigenvalue weighted by Crippen LogP contribution is -1.96. The molecule has 3 aromatic carbocycles. The average Bonchev–Trinajstić information content (AvgIpc) is 3.07. The van der Waals surface area contributed by atoms with Gasteiger partial charge < -0.3 is 9.72 Å². The minimum absolute atomic E-state index is 0.216. The van der Waals surface area contributed by atoms with Gasteiger partial charge in [-0.25, -0.2) is 0 Å². The number of hydrogen-bond acceptors (Lipinski definition) is 3. The van der Waals surface area contributed by atoms with Crippen molar-refractivity contribution in [3.8, 4) is 23.6 Å². The van der Waals surface area contributed by atoms with Crippen LogP contribution in [-0.4, -0.2) is 4.98 Å². The lowest BCUT2D eigenvalue weighted by atomic mass is 10.1. The minimum atomic E-state index is 0.216. The number of para-hydroxylation sites is 1. The maximum atomic E-state index is 9.49. The van der Waals surface area contributed by atoms with Gasteiger partial charge in [0, 0.05) is 10.9 Å². The largest absolute Gasteiger partial charge is 0.454 e. The van der Waals surface area contributed by atoms with Gasteiger partial charge in [-0.05, 0) is 66.0 Å². The Morgan fingerprint density at radius 1 is 0.778 bits per heavy atom. The van der Waals surface area contributed by atoms with Crippen LogP contribution in [-0.2, 0) is 0 Å². The number of rotatable bonds is 2. The summed E-state index contributed by atoms with van der Waals surface area (Å²) < 4.78 is 7.70. The summed E-state index contributed by atoms with van der Waals surface area (Å²) in [5.41, 5.74) is 2.43. The number of aromatic amines is 1. The molecule has 1 aromatic heterocycles. The number of H-pyrrole nitrogens is 1. The second-order valence-corrected chi connectivity index (χ2v) is 8.08. The van der Waals surface area contributed by atoms with Gasteiger partial charge in [-0.1, -0.05) is 24.3 Å². The van der Waals surface area contributed by atoms with Gasteiger partial charge in [0.25, 0.3) is 0 Å². The quantitative estimate of drug-likeness (QED) is 0.272. The number of ether oxygens (including phenoxy) is 1. The Bertz CT molecular complexity index is 1310. The zero-order chi connectivity index (χ0) is 19.1. The fraction of sp³-hybridized carbons (Fsp3) is 0. The first-order chi connectivity index (χ1) is 13.1. The molecule has 0 saturated carbocycles. The summed E-state index contributed by atoms with van der Waals surface area (Å²) in [6, 6.07) is 17.9. The predicted octanol–water partition coefficient (Wildman–Crippen LogP) is 7.14. The highest BCUT2D eigenvalue weighted by Gasteiger charge is 2.23. The van der Waals surface area contributed by atoms with Crippen LogP contribution in [0.3, 0.4) is 0 Å². The van der Waals surface area contributed by atoms with E-state index >= 15 is 0 Å². The van der Waals surface area contributed by atoms with Crippen molar-refractivity contribution in [2.75, 3.05) is 0 Å². The zero-order valence-electron chi connectivity index (χ0n) is 13.5. The van der Waals surface area contributed by atoms with Crippen LogP contribution in [0.25, 0.3) is 21.8 Å². The SMILES string of the molecule is N#Cc1c(Br)c(Br)c(Oc2cccc3[nH]c4ccccc4c23)c(Br)c1C#N. The highest BCUT2D eigenvalue weighted by atomic mass is 79.9. The van der Waals surface area contributed by atoms with Crippen molar-refractivity contribution in [3.63, 3.8) is 0 Å². The summed E-state index contributed by atoms with van der Waals surface area (Å²) in [5, 5.41) is 20.9. The van der Waals surface area contributed by atoms with Crippen molar-refractivity contribution in [3.05, 3.63) is 67.0 Å². The molecular weight excluding hydrogens is 538 g/mol. The fourth-order valence-corrected chi connectivity index (χ4v) is 4.78. The van der Waals surface area contributed by atoms with Gasteiger partial charge in [0.15, 0.2) is 5.75 Å². The molecule has 4 rings (SSSR count). The van der Waals surface area contributed by atoms with Crippen LogP contribution < -0.4 is 4.74 Å². The van der Waals surface area contributed by atoms with Crippen molar-refractivity contribution in [1.29, 1.82) is 10.5 Å². The van der Waals surface area contributed by atoms with Gasteiger partial charge in [-0.3, -0.25) is 0 Å². The van der Waals surface area contributed by atoms with Gasteiger partial charge in [-0.15, -0.1) is 0 Å². The molecule has 0 atom stereocenters. The van der Waals surface area contributed by atoms with Crippen molar-refractivity contribution in [2.45, 2.75) is 0 Å². The summed E-state index contributed by atoms with van der Waals surface area (Å²) in [6.07, 6.45) is 0. The number of hydrogen-bond donors (Lipinski definition) is 1. The third-order valence-electron chi connectivity index (χ3n) is 4.21. The Morgan fingerprint density at radius 2 is 1.44 bits per heavy atom. The number of nitrogens with zero attached hydrogens (tertiary/aromatic N) is 2. The van der Waals surface area contributed by atoms with E-state index in [2.05, 4.69) is 58.8 Å². The van der Waals surface area contributed by atoms with Crippen LogP contribution in [0.2, 0.25) is 0 Å². The number of nitrogens with one attached hydrogen (secondary N) is 1. The Kier molecular flexibility index (Phi) is 4.69. The van der Waals surface area contributed by atoms with E-state index in [1.807, 2.05) is 48.5 Å². The van der Waals surface area contributed by atoms with Crippen molar-refractivity contribution >= 4 is 69.6 Å². The molecule has 0 aliphatic rings. The number of benzene rings is 3. The van der Waals surface area contributed by atoms with Gasteiger partial charge in [-0.2, -0.15) is 10.5 Å². The summed E-state index contributed by atoms with van der Waals surface area (Å²) in [6.45, 7) is 0. The van der Waals surface area contributed by atoms with E-state index in [-0.39, 0.29) is 11.1 Å². The molecule has 0 radical (unpaired) electrons. The molecule has 4 aromatic rings. The van der Waals surface area contributed by atoms with Gasteiger partial charge in [0.2, 0.25) is 0 Å². The lowest BCUT2D eigenvalue weighted by Gasteiger charge is -2.14. The summed E-state index contributed by atoms with van der Waals surface area (Å²) in [5.74, 6) is 1.07. The molecular formula is C20H8Br3N3O. The van der Waals surface area contributed by atoms with E-state index in [1.165, 1.54) is 0 Å². The summed E-state index contributed by atoms with van der Waals surface area (Å²) in [7, 11) is 0. The molecule has 7 heteroatoms. The first-order valence-corrected chi connectivity index (χ1v) is 10.1. The predicted molar refractivity (Wildman–Crippen MR) is 115 cm³/mol. The first-order valence-electron chi connectivity index (χ1n) is 7.74. The number of nitriles is 2. The van der Waals surface area contributed by atoms with Gasteiger partial charge >= 0.3 is 0 Å². The molecule has 0 saturated heterocycles. The molecule has 27 heavy (non-hydrogen) atoms. The molecule has 130 valence electrons. The van der Waals surface area contributed by atoms with Crippen LogP contribution in [0.1, 0.15) is 11.1 Å². The number of aromatic nitrogens is 1. The average molecular weight is 546 g/mol. The highest BCUT2D eigenvalue weighted by molar-refractivity contribution is 9.13. The molecule has 1 N–H and O–H groups in total. The van der Waals surface area contributed by atoms with Gasteiger partial charge in [0.1, 0.15) is 17.9 Å². The summed E-state index contributed by atoms with van der Waals surface area (Å²) in [4.78, 5) is 3.38. The second-order valence-electron chi connectivity index (χ2n) is 5.70. The van der Waals surface area contributed by atoms with Crippen LogP contribution >= 0.6 is 47.8 Å². The minimum Gasteiger partial charge on any atom is -0.454 e. The van der Waals surface area contributed by atoms with Crippen molar-refractivity contribution in [2.24, 2.45) is 0 Å². The van der Waals surface area contributed by atoms with E-state index in [9.17, 15) is 10.5 Å². The van der Waals surface area contributed by atoms with Gasteiger partial charge in [0.05, 0.1) is 35.4 Å². The Hall–Kier alpha value is -2.32. The molecule has 0 bridgehead atoms. The van der Waals surface area contributed by atoms with E-state index in [1.54, 1.807) is 0 Å². The fourth-order valence-electron chi connectivity index (χ4n) is 3.00. The molecule has 0 spiro atoms. The number of fused-ring (bicyclic) bond motifs is 3. The number of halogens is 3. The maximum Gasteiger partial charge on any atom is 0.158 e. The molecule has 1 heterocycles. The zero-order valence-corrected chi connectivity index (χ0v) is 18.2. The van der Waals surface area contributed by atoms with Crippen LogP contribution in [0, 0.1) is 22.7 Å². The van der Waals surface area contributed by atoms with Crippen LogP contribution in [0.15, 0.2) is 55.9 Å². The molecule has 0 fully saturated rings. The standard InChI is InChI=1S/C20H8Br3N3O/c21-17-11(8-24)12(9-25)18(22)20(19(17)23)27-15-7-3-6-14-16(15)10-4-1-2-5-13(10)26-14/h1-7,26H. The third kappa shape index (κ3) is 2.83. The second kappa shape index (κ2) is 7.01. The Morgan fingerprint density at radius 3 is 2.19 bits per heavy atom. The van der Waals surface area contributed by atoms with Crippen molar-refractivity contribution < 1.29 is 4.74 Å². The van der Waals surface area contributed by atoms with Crippen LogP contribution in [0.4, 0.5) is 0 Å². The molecule has 0 unspecified atom stereocenters. The smallest absolute Gasteiger partial charge is 0.158 e. The van der Waals surface area contributed by atoms with Crippen LogP contribution in [0.5, 0.6) is 11.5 Å². The van der Waals surface area contributed by atoms with E-state index < -0.39 is 0 Å². The molecule has 0 aliphatic carbocycles. The Labute approximate surface area is 179 Å². The van der Waals surface area contributed by atoms with E-state index in [0.29, 0.717) is 24.9 Å². The Balaban J connectivity index is 1.98. The third-order valence-corrected chi connectivity index (χ3v) is 7.05. The maximum absolute atomic E-state index is 9.49. The topological polar surface area (TPSA) is 72.6 Å². The van der Waals surface area contributed by atoms with E-state index in [0.717, 1.165) is 21.8 Å². The molecule has 0 amide bonds. The monoisotopic (exact) mass is 543 g/mol. The normalized spacial score (nSPS) is 10.7.